The molecule has 0 amide bonds. The summed E-state index contributed by atoms with van der Waals surface area (Å²) in [5.74, 6) is -0.442. The first kappa shape index (κ1) is 18.1. The fourth-order valence-electron chi connectivity index (χ4n) is 2.79. The van der Waals surface area contributed by atoms with Crippen LogP contribution < -0.4 is 13.8 Å². The summed E-state index contributed by atoms with van der Waals surface area (Å²) in [6, 6.07) is 11.1. The Morgan fingerprint density at radius 3 is 2.50 bits per heavy atom. The van der Waals surface area contributed by atoms with Crippen molar-refractivity contribution in [3.8, 4) is 11.5 Å². The lowest BCUT2D eigenvalue weighted by molar-refractivity contribution is -0.135. The number of rotatable bonds is 6. The first-order valence-corrected chi connectivity index (χ1v) is 9.59. The van der Waals surface area contributed by atoms with Crippen molar-refractivity contribution in [2.24, 2.45) is 0 Å². The number of carbonyl (C=O) groups is 1. The van der Waals surface area contributed by atoms with Gasteiger partial charge in [0.15, 0.2) is 11.5 Å². The van der Waals surface area contributed by atoms with Crippen molar-refractivity contribution < 1.29 is 27.8 Å². The van der Waals surface area contributed by atoms with Gasteiger partial charge in [0, 0.05) is 6.07 Å². The summed E-state index contributed by atoms with van der Waals surface area (Å²) in [5, 5.41) is 9.26. The molecule has 1 aliphatic heterocycles. The SMILES string of the molecule is CCc1ccccc1N(CC(=O)O)S(=O)(=O)c1ccc2c(c1)OCCO2. The zero-order chi connectivity index (χ0) is 18.7. The van der Waals surface area contributed by atoms with Crippen LogP contribution >= 0.6 is 0 Å². The number of ether oxygens (including phenoxy) is 2. The topological polar surface area (TPSA) is 93.1 Å². The average Bonchev–Trinajstić information content (AvgIpc) is 2.65. The van der Waals surface area contributed by atoms with E-state index in [1.54, 1.807) is 24.3 Å². The number of nitrogens with zero attached hydrogens (tertiary/aromatic N) is 1. The maximum atomic E-state index is 13.2. The number of carboxylic acids is 1. The molecule has 26 heavy (non-hydrogen) atoms. The molecule has 0 spiro atoms. The van der Waals surface area contributed by atoms with E-state index in [-0.39, 0.29) is 4.90 Å². The summed E-state index contributed by atoms with van der Waals surface area (Å²) in [5.41, 5.74) is 1.10. The molecule has 0 atom stereocenters. The highest BCUT2D eigenvalue weighted by Crippen LogP contribution is 2.34. The van der Waals surface area contributed by atoms with Gasteiger partial charge < -0.3 is 14.6 Å². The molecule has 1 heterocycles. The van der Waals surface area contributed by atoms with E-state index in [0.29, 0.717) is 36.8 Å². The Morgan fingerprint density at radius 1 is 1.12 bits per heavy atom. The van der Waals surface area contributed by atoms with Crippen LogP contribution in [0.25, 0.3) is 0 Å². The van der Waals surface area contributed by atoms with Gasteiger partial charge in [-0.15, -0.1) is 0 Å². The molecule has 0 saturated carbocycles. The van der Waals surface area contributed by atoms with Crippen LogP contribution in [0.15, 0.2) is 47.4 Å². The molecule has 8 heteroatoms. The van der Waals surface area contributed by atoms with Gasteiger partial charge in [-0.1, -0.05) is 25.1 Å². The van der Waals surface area contributed by atoms with Gasteiger partial charge >= 0.3 is 5.97 Å². The monoisotopic (exact) mass is 377 g/mol. The Labute approximate surface area is 151 Å². The molecule has 2 aromatic carbocycles. The Kier molecular flexibility index (Phi) is 5.03. The lowest BCUT2D eigenvalue weighted by atomic mass is 10.1. The van der Waals surface area contributed by atoms with Crippen molar-refractivity contribution in [3.05, 3.63) is 48.0 Å². The maximum Gasteiger partial charge on any atom is 0.324 e. The number of fused-ring (bicyclic) bond motifs is 1. The zero-order valence-corrected chi connectivity index (χ0v) is 15.0. The van der Waals surface area contributed by atoms with Crippen molar-refractivity contribution in [1.82, 2.24) is 0 Å². The van der Waals surface area contributed by atoms with Crippen LogP contribution in [0.3, 0.4) is 0 Å². The van der Waals surface area contributed by atoms with Gasteiger partial charge in [0.2, 0.25) is 0 Å². The zero-order valence-electron chi connectivity index (χ0n) is 14.2. The lowest BCUT2D eigenvalue weighted by Gasteiger charge is -2.26. The summed E-state index contributed by atoms with van der Waals surface area (Å²) >= 11 is 0. The molecule has 3 rings (SSSR count). The van der Waals surface area contributed by atoms with Crippen LogP contribution in [0.4, 0.5) is 5.69 Å². The number of carboxylic acid groups (broad SMARTS) is 1. The third-order valence-corrected chi connectivity index (χ3v) is 5.78. The highest BCUT2D eigenvalue weighted by Gasteiger charge is 2.29. The molecule has 7 nitrogen and oxygen atoms in total. The molecule has 138 valence electrons. The minimum atomic E-state index is -4.10. The summed E-state index contributed by atoms with van der Waals surface area (Å²) in [6.45, 7) is 1.93. The molecule has 0 unspecified atom stereocenters. The fourth-order valence-corrected chi connectivity index (χ4v) is 4.25. The summed E-state index contributed by atoms with van der Waals surface area (Å²) in [4.78, 5) is 11.3. The Morgan fingerprint density at radius 2 is 1.81 bits per heavy atom. The second-order valence-corrected chi connectivity index (χ2v) is 7.56. The molecule has 0 bridgehead atoms. The molecule has 0 aromatic heterocycles. The lowest BCUT2D eigenvalue weighted by Crippen LogP contribution is -2.36. The minimum absolute atomic E-state index is 0.0473. The van der Waals surface area contributed by atoms with Crippen LogP contribution in [0, 0.1) is 0 Å². The number of aliphatic carboxylic acids is 1. The number of hydrogen-bond donors (Lipinski definition) is 1. The van der Waals surface area contributed by atoms with Gasteiger partial charge in [0.05, 0.1) is 10.6 Å². The van der Waals surface area contributed by atoms with Gasteiger partial charge in [-0.25, -0.2) is 8.42 Å². The smallest absolute Gasteiger partial charge is 0.324 e. The van der Waals surface area contributed by atoms with Crippen molar-refractivity contribution in [2.45, 2.75) is 18.2 Å². The molecule has 0 saturated heterocycles. The molecule has 1 aliphatic rings. The molecule has 0 aliphatic carbocycles. The molecule has 2 aromatic rings. The number of para-hydroxylation sites is 1. The minimum Gasteiger partial charge on any atom is -0.486 e. The molecule has 0 radical (unpaired) electrons. The van der Waals surface area contributed by atoms with Crippen molar-refractivity contribution in [2.75, 3.05) is 24.1 Å². The summed E-state index contributed by atoms with van der Waals surface area (Å²) in [6.07, 6.45) is 0.572. The van der Waals surface area contributed by atoms with Gasteiger partial charge in [-0.3, -0.25) is 9.10 Å². The molecular weight excluding hydrogens is 358 g/mol. The number of sulfonamides is 1. The number of benzene rings is 2. The number of hydrogen-bond acceptors (Lipinski definition) is 5. The molecular formula is C18H19NO6S. The maximum absolute atomic E-state index is 13.2. The normalized spacial score (nSPS) is 13.3. The van der Waals surface area contributed by atoms with E-state index in [2.05, 4.69) is 0 Å². The van der Waals surface area contributed by atoms with Crippen LogP contribution in [0.5, 0.6) is 11.5 Å². The highest BCUT2D eigenvalue weighted by atomic mass is 32.2. The van der Waals surface area contributed by atoms with Crippen LogP contribution in [-0.2, 0) is 21.2 Å². The quantitative estimate of drug-likeness (QED) is 0.830. The van der Waals surface area contributed by atoms with Crippen molar-refractivity contribution in [3.63, 3.8) is 0 Å². The predicted octanol–water partition coefficient (Wildman–Crippen LogP) is 2.30. The largest absolute Gasteiger partial charge is 0.486 e. The van der Waals surface area contributed by atoms with E-state index in [0.717, 1.165) is 9.87 Å². The number of anilines is 1. The van der Waals surface area contributed by atoms with Crippen molar-refractivity contribution >= 4 is 21.7 Å². The van der Waals surface area contributed by atoms with E-state index < -0.39 is 22.5 Å². The highest BCUT2D eigenvalue weighted by molar-refractivity contribution is 7.92. The van der Waals surface area contributed by atoms with Gasteiger partial charge in [-0.05, 0) is 30.2 Å². The van der Waals surface area contributed by atoms with E-state index in [1.165, 1.54) is 18.2 Å². The number of aryl methyl sites for hydroxylation is 1. The Bertz CT molecular complexity index is 925. The van der Waals surface area contributed by atoms with Crippen LogP contribution in [0.1, 0.15) is 12.5 Å². The second kappa shape index (κ2) is 7.25. The fraction of sp³-hybridized carbons (Fsp3) is 0.278. The Balaban J connectivity index is 2.09. The third kappa shape index (κ3) is 3.45. The van der Waals surface area contributed by atoms with Gasteiger partial charge in [0.25, 0.3) is 10.0 Å². The average molecular weight is 377 g/mol. The third-order valence-electron chi connectivity index (χ3n) is 4.02. The van der Waals surface area contributed by atoms with Crippen LogP contribution in [0.2, 0.25) is 0 Å². The van der Waals surface area contributed by atoms with Gasteiger partial charge in [-0.2, -0.15) is 0 Å². The standard InChI is InChI=1S/C18H19NO6S/c1-2-13-5-3-4-6-15(13)19(12-18(20)21)26(22,23)14-7-8-16-17(11-14)25-10-9-24-16/h3-8,11H,2,9-10,12H2,1H3,(H,20,21). The van der Waals surface area contributed by atoms with E-state index >= 15 is 0 Å². The van der Waals surface area contributed by atoms with E-state index in [4.69, 9.17) is 9.47 Å². The Hall–Kier alpha value is -2.74. The second-order valence-electron chi connectivity index (χ2n) is 5.69. The summed E-state index contributed by atoms with van der Waals surface area (Å²) < 4.78 is 38.1. The van der Waals surface area contributed by atoms with Crippen molar-refractivity contribution in [1.29, 1.82) is 0 Å². The first-order chi connectivity index (χ1) is 12.4. The predicted molar refractivity (Wildman–Crippen MR) is 95.4 cm³/mol. The molecule has 1 N–H and O–H groups in total. The van der Waals surface area contributed by atoms with Crippen LogP contribution in [-0.4, -0.2) is 39.3 Å². The molecule has 0 fully saturated rings. The summed E-state index contributed by atoms with van der Waals surface area (Å²) in [7, 11) is -4.10. The first-order valence-electron chi connectivity index (χ1n) is 8.15. The van der Waals surface area contributed by atoms with Gasteiger partial charge in [0.1, 0.15) is 19.8 Å². The van der Waals surface area contributed by atoms with E-state index in [1.807, 2.05) is 6.92 Å². The van der Waals surface area contributed by atoms with E-state index in [9.17, 15) is 18.3 Å².